The number of esters is 1. The predicted molar refractivity (Wildman–Crippen MR) is 73.2 cm³/mol. The van der Waals surface area contributed by atoms with Crippen LogP contribution in [0.2, 0.25) is 0 Å². The van der Waals surface area contributed by atoms with Gasteiger partial charge in [0.05, 0.1) is 18.1 Å². The molecule has 9 nitrogen and oxygen atoms in total. The van der Waals surface area contributed by atoms with Gasteiger partial charge in [-0.05, 0) is 24.3 Å². The third-order valence-corrected chi connectivity index (χ3v) is 2.16. The van der Waals surface area contributed by atoms with Crippen molar-refractivity contribution in [2.24, 2.45) is 11.7 Å². The van der Waals surface area contributed by atoms with Crippen LogP contribution in [-0.4, -0.2) is 27.0 Å². The Balaban J connectivity index is 0.00000106. The Bertz CT molecular complexity index is 613. The number of nitrogens with two attached hydrogens (primary N) is 3. The number of carbonyl (C=O) groups excluding carboxylic acids is 1. The molecule has 0 saturated heterocycles. The fourth-order valence-electron chi connectivity index (χ4n) is 1.25. The number of anilines is 1. The minimum atomic E-state index is -1.15. The van der Waals surface area contributed by atoms with E-state index in [1.807, 2.05) is 0 Å². The van der Waals surface area contributed by atoms with Crippen molar-refractivity contribution in [3.8, 4) is 5.75 Å². The number of nitrogen functional groups attached to an aromatic ring is 1. The predicted octanol–water partition coefficient (Wildman–Crippen LogP) is -0.205. The number of nitrogens with zero attached hydrogens (tertiary/aromatic N) is 2. The molecule has 0 bridgehead atoms. The standard InChI is InChI=1S/C12H9N3O4.H4N2/c13-7-1-3-10(14-5-7)12(18)19-8-2-4-9(11(16)17)15-6-8;1-2/h1-6H,13H2,(H,16,17);1-2H2. The van der Waals surface area contributed by atoms with Gasteiger partial charge < -0.3 is 15.6 Å². The monoisotopic (exact) mass is 291 g/mol. The molecular weight excluding hydrogens is 278 g/mol. The van der Waals surface area contributed by atoms with Gasteiger partial charge >= 0.3 is 11.9 Å². The first-order chi connectivity index (χ1) is 10.1. The molecule has 0 unspecified atom stereocenters. The van der Waals surface area contributed by atoms with Gasteiger partial charge in [-0.3, -0.25) is 11.7 Å². The van der Waals surface area contributed by atoms with E-state index in [1.165, 1.54) is 30.5 Å². The van der Waals surface area contributed by atoms with Crippen molar-refractivity contribution in [2.75, 3.05) is 5.73 Å². The fourth-order valence-corrected chi connectivity index (χ4v) is 1.25. The third-order valence-electron chi connectivity index (χ3n) is 2.16. The number of aromatic nitrogens is 2. The van der Waals surface area contributed by atoms with E-state index in [0.29, 0.717) is 5.69 Å². The highest BCUT2D eigenvalue weighted by atomic mass is 16.5. The van der Waals surface area contributed by atoms with Gasteiger partial charge in [0.25, 0.3) is 0 Å². The van der Waals surface area contributed by atoms with Crippen LogP contribution in [0.15, 0.2) is 36.7 Å². The maximum atomic E-state index is 11.7. The van der Waals surface area contributed by atoms with Gasteiger partial charge in [0, 0.05) is 0 Å². The van der Waals surface area contributed by atoms with Crippen LogP contribution in [0.1, 0.15) is 21.0 Å². The zero-order chi connectivity index (χ0) is 15.8. The van der Waals surface area contributed by atoms with Gasteiger partial charge in [-0.15, -0.1) is 0 Å². The molecule has 0 aliphatic rings. The quantitative estimate of drug-likeness (QED) is 0.339. The Morgan fingerprint density at radius 1 is 1.00 bits per heavy atom. The lowest BCUT2D eigenvalue weighted by atomic mass is 10.3. The molecule has 0 aromatic carbocycles. The Morgan fingerprint density at radius 2 is 1.62 bits per heavy atom. The van der Waals surface area contributed by atoms with Crippen LogP contribution < -0.4 is 22.2 Å². The average Bonchev–Trinajstić information content (AvgIpc) is 2.50. The summed E-state index contributed by atoms with van der Waals surface area (Å²) in [6.07, 6.45) is 2.49. The number of ether oxygens (including phenoxy) is 1. The van der Waals surface area contributed by atoms with E-state index in [2.05, 4.69) is 21.7 Å². The summed E-state index contributed by atoms with van der Waals surface area (Å²) >= 11 is 0. The molecule has 0 atom stereocenters. The second-order valence-electron chi connectivity index (χ2n) is 3.55. The molecule has 0 fully saturated rings. The lowest BCUT2D eigenvalue weighted by molar-refractivity contribution is 0.0690. The summed E-state index contributed by atoms with van der Waals surface area (Å²) in [4.78, 5) is 29.7. The molecule has 2 aromatic rings. The van der Waals surface area contributed by atoms with Crippen molar-refractivity contribution in [3.05, 3.63) is 48.0 Å². The summed E-state index contributed by atoms with van der Waals surface area (Å²) in [7, 11) is 0. The summed E-state index contributed by atoms with van der Waals surface area (Å²) in [5, 5.41) is 8.67. The number of hydrazine groups is 1. The van der Waals surface area contributed by atoms with E-state index < -0.39 is 11.9 Å². The lowest BCUT2D eigenvalue weighted by Gasteiger charge is -2.03. The number of carboxylic acid groups (broad SMARTS) is 1. The second-order valence-corrected chi connectivity index (χ2v) is 3.55. The second kappa shape index (κ2) is 7.53. The highest BCUT2D eigenvalue weighted by Crippen LogP contribution is 2.11. The van der Waals surface area contributed by atoms with E-state index in [0.717, 1.165) is 6.20 Å². The van der Waals surface area contributed by atoms with E-state index in [1.54, 1.807) is 0 Å². The zero-order valence-electron chi connectivity index (χ0n) is 10.8. The lowest BCUT2D eigenvalue weighted by Crippen LogP contribution is -2.11. The van der Waals surface area contributed by atoms with Gasteiger partial charge in [0.2, 0.25) is 0 Å². The van der Waals surface area contributed by atoms with Crippen molar-refractivity contribution in [1.29, 1.82) is 0 Å². The van der Waals surface area contributed by atoms with E-state index in [4.69, 9.17) is 15.6 Å². The van der Waals surface area contributed by atoms with Crippen LogP contribution in [0.3, 0.4) is 0 Å². The first-order valence-corrected chi connectivity index (χ1v) is 5.52. The maximum Gasteiger partial charge on any atom is 0.362 e. The van der Waals surface area contributed by atoms with Gasteiger partial charge in [0.15, 0.2) is 0 Å². The number of aromatic carboxylic acids is 1. The van der Waals surface area contributed by atoms with E-state index in [9.17, 15) is 9.59 Å². The molecule has 21 heavy (non-hydrogen) atoms. The molecule has 2 aromatic heterocycles. The molecule has 7 N–H and O–H groups in total. The number of carbonyl (C=O) groups is 2. The SMILES string of the molecule is NN.Nc1ccc(C(=O)Oc2ccc(C(=O)O)nc2)nc1. The Hall–Kier alpha value is -3.04. The van der Waals surface area contributed by atoms with Gasteiger partial charge in [-0.25, -0.2) is 19.6 Å². The largest absolute Gasteiger partial charge is 0.477 e. The minimum Gasteiger partial charge on any atom is -0.477 e. The topological polar surface area (TPSA) is 167 Å². The zero-order valence-corrected chi connectivity index (χ0v) is 10.8. The molecule has 2 rings (SSSR count). The van der Waals surface area contributed by atoms with Gasteiger partial charge in [0.1, 0.15) is 17.1 Å². The molecule has 0 saturated carbocycles. The fraction of sp³-hybridized carbons (Fsp3) is 0. The highest BCUT2D eigenvalue weighted by molar-refractivity contribution is 5.89. The van der Waals surface area contributed by atoms with Crippen LogP contribution in [-0.2, 0) is 0 Å². The number of rotatable bonds is 3. The van der Waals surface area contributed by atoms with Crippen molar-refractivity contribution in [3.63, 3.8) is 0 Å². The molecule has 110 valence electrons. The summed E-state index contributed by atoms with van der Waals surface area (Å²) in [6.45, 7) is 0. The first kappa shape index (κ1) is 16.0. The summed E-state index contributed by atoms with van der Waals surface area (Å²) in [5.41, 5.74) is 5.84. The normalized spacial score (nSPS) is 9.24. The first-order valence-electron chi connectivity index (χ1n) is 5.52. The molecule has 0 aliphatic carbocycles. The molecule has 0 amide bonds. The van der Waals surface area contributed by atoms with Crippen LogP contribution in [0.4, 0.5) is 5.69 Å². The number of pyridine rings is 2. The van der Waals surface area contributed by atoms with Crippen LogP contribution >= 0.6 is 0 Å². The number of hydrogen-bond donors (Lipinski definition) is 4. The molecule has 0 spiro atoms. The molecular formula is C12H13N5O4. The Morgan fingerprint density at radius 3 is 2.10 bits per heavy atom. The number of carboxylic acids is 1. The third kappa shape index (κ3) is 4.53. The van der Waals surface area contributed by atoms with Gasteiger partial charge in [-0.2, -0.15) is 0 Å². The summed E-state index contributed by atoms with van der Waals surface area (Å²) in [5.74, 6) is 6.30. The van der Waals surface area contributed by atoms with Gasteiger partial charge in [-0.1, -0.05) is 0 Å². The van der Waals surface area contributed by atoms with E-state index >= 15 is 0 Å². The van der Waals surface area contributed by atoms with Crippen molar-refractivity contribution < 1.29 is 19.4 Å². The Kier molecular flexibility index (Phi) is 5.74. The minimum absolute atomic E-state index is 0.0940. The Labute approximate surface area is 119 Å². The molecule has 2 heterocycles. The summed E-state index contributed by atoms with van der Waals surface area (Å²) in [6, 6.07) is 5.53. The van der Waals surface area contributed by atoms with Crippen LogP contribution in [0.5, 0.6) is 5.75 Å². The molecule has 0 aliphatic heterocycles. The van der Waals surface area contributed by atoms with E-state index in [-0.39, 0.29) is 17.1 Å². The summed E-state index contributed by atoms with van der Waals surface area (Å²) < 4.78 is 4.98. The van der Waals surface area contributed by atoms with Crippen molar-refractivity contribution in [2.45, 2.75) is 0 Å². The van der Waals surface area contributed by atoms with Crippen molar-refractivity contribution in [1.82, 2.24) is 9.97 Å². The molecule has 0 radical (unpaired) electrons. The van der Waals surface area contributed by atoms with Crippen molar-refractivity contribution >= 4 is 17.6 Å². The maximum absolute atomic E-state index is 11.7. The smallest absolute Gasteiger partial charge is 0.362 e. The highest BCUT2D eigenvalue weighted by Gasteiger charge is 2.11. The average molecular weight is 291 g/mol. The van der Waals surface area contributed by atoms with Crippen LogP contribution in [0.25, 0.3) is 0 Å². The number of hydrogen-bond acceptors (Lipinski definition) is 8. The molecule has 9 heteroatoms. The van der Waals surface area contributed by atoms with Crippen LogP contribution in [0, 0.1) is 0 Å².